The van der Waals surface area contributed by atoms with Crippen molar-refractivity contribution < 1.29 is 4.79 Å². The Hall–Kier alpha value is -2.94. The molecule has 6 nitrogen and oxygen atoms in total. The third-order valence-corrected chi connectivity index (χ3v) is 4.32. The first kappa shape index (κ1) is 16.9. The number of hydrogen-bond donors (Lipinski definition) is 2. The smallest absolute Gasteiger partial charge is 0.274 e. The van der Waals surface area contributed by atoms with Gasteiger partial charge in [-0.2, -0.15) is 5.26 Å². The van der Waals surface area contributed by atoms with Gasteiger partial charge in [0.2, 0.25) is 5.95 Å². The highest BCUT2D eigenvalue weighted by atomic mass is 16.1. The number of hydrogen-bond acceptors (Lipinski definition) is 5. The molecule has 1 amide bonds. The predicted molar refractivity (Wildman–Crippen MR) is 96.4 cm³/mol. The van der Waals surface area contributed by atoms with Crippen LogP contribution < -0.4 is 10.6 Å². The molecule has 1 aliphatic rings. The summed E-state index contributed by atoms with van der Waals surface area (Å²) in [6.07, 6.45) is 5.91. The van der Waals surface area contributed by atoms with Crippen molar-refractivity contribution in [1.29, 1.82) is 5.26 Å². The van der Waals surface area contributed by atoms with E-state index in [2.05, 4.69) is 26.7 Å². The number of carbonyl (C=O) groups is 1. The molecule has 128 valence electrons. The summed E-state index contributed by atoms with van der Waals surface area (Å²) in [7, 11) is 0. The second kappa shape index (κ2) is 7.75. The third kappa shape index (κ3) is 4.32. The molecule has 2 aromatic rings. The average Bonchev–Trinajstić information content (AvgIpc) is 2.62. The minimum Gasteiger partial charge on any atom is -0.351 e. The highest BCUT2D eigenvalue weighted by Gasteiger charge is 2.17. The van der Waals surface area contributed by atoms with Crippen LogP contribution in [-0.2, 0) is 0 Å². The van der Waals surface area contributed by atoms with Crippen LogP contribution in [0.25, 0.3) is 0 Å². The number of nitriles is 1. The second-order valence-electron chi connectivity index (χ2n) is 6.31. The Bertz CT molecular complexity index is 806. The third-order valence-electron chi connectivity index (χ3n) is 4.32. The summed E-state index contributed by atoms with van der Waals surface area (Å²) >= 11 is 0. The molecule has 0 unspecified atom stereocenters. The molecule has 2 N–H and O–H groups in total. The molecule has 0 aliphatic heterocycles. The molecule has 0 spiro atoms. The number of benzene rings is 1. The zero-order chi connectivity index (χ0) is 17.6. The zero-order valence-corrected chi connectivity index (χ0v) is 14.2. The van der Waals surface area contributed by atoms with E-state index in [9.17, 15) is 4.79 Å². The predicted octanol–water partition coefficient (Wildman–Crippen LogP) is 3.65. The van der Waals surface area contributed by atoms with Crippen molar-refractivity contribution in [2.75, 3.05) is 10.6 Å². The molecule has 0 atom stereocenters. The van der Waals surface area contributed by atoms with E-state index in [-0.39, 0.29) is 5.91 Å². The molecule has 0 radical (unpaired) electrons. The Morgan fingerprint density at radius 3 is 2.72 bits per heavy atom. The van der Waals surface area contributed by atoms with Crippen LogP contribution in [0, 0.1) is 18.3 Å². The monoisotopic (exact) mass is 335 g/mol. The normalized spacial score (nSPS) is 14.6. The molecule has 1 heterocycles. The van der Waals surface area contributed by atoms with Crippen molar-refractivity contribution in [3.05, 3.63) is 47.3 Å². The molecule has 1 saturated carbocycles. The molecular formula is C19H21N5O. The summed E-state index contributed by atoms with van der Waals surface area (Å²) in [5.74, 6) is 0.144. The van der Waals surface area contributed by atoms with E-state index in [1.165, 1.54) is 19.3 Å². The van der Waals surface area contributed by atoms with Gasteiger partial charge in [-0.05, 0) is 38.0 Å². The molecule has 1 aliphatic carbocycles. The van der Waals surface area contributed by atoms with E-state index < -0.39 is 0 Å². The molecule has 1 fully saturated rings. The molecule has 1 aromatic heterocycles. The number of aromatic nitrogens is 2. The van der Waals surface area contributed by atoms with Gasteiger partial charge in [0.1, 0.15) is 11.8 Å². The Morgan fingerprint density at radius 1 is 1.20 bits per heavy atom. The fraction of sp³-hybridized carbons (Fsp3) is 0.368. The van der Waals surface area contributed by atoms with Crippen molar-refractivity contribution in [3.8, 4) is 6.07 Å². The average molecular weight is 335 g/mol. The Kier molecular flexibility index (Phi) is 5.24. The number of anilines is 2. The zero-order valence-electron chi connectivity index (χ0n) is 14.2. The lowest BCUT2D eigenvalue weighted by Crippen LogP contribution is -2.24. The van der Waals surface area contributed by atoms with Crippen LogP contribution in [0.3, 0.4) is 0 Å². The van der Waals surface area contributed by atoms with Gasteiger partial charge in [-0.3, -0.25) is 4.79 Å². The maximum absolute atomic E-state index is 12.5. The summed E-state index contributed by atoms with van der Waals surface area (Å²) < 4.78 is 0. The van der Waals surface area contributed by atoms with Crippen LogP contribution in [0.1, 0.15) is 53.8 Å². The molecular weight excluding hydrogens is 314 g/mol. The van der Waals surface area contributed by atoms with E-state index in [1.807, 2.05) is 6.92 Å². The molecule has 6 heteroatoms. The number of nitrogens with one attached hydrogen (secondary N) is 2. The lowest BCUT2D eigenvalue weighted by molar-refractivity contribution is 0.102. The molecule has 1 aromatic carbocycles. The fourth-order valence-electron chi connectivity index (χ4n) is 3.05. The number of rotatable bonds is 4. The number of carbonyl (C=O) groups excluding carboxylic acids is 1. The van der Waals surface area contributed by atoms with Crippen molar-refractivity contribution in [2.45, 2.75) is 45.1 Å². The van der Waals surface area contributed by atoms with E-state index >= 15 is 0 Å². The van der Waals surface area contributed by atoms with Crippen molar-refractivity contribution in [1.82, 2.24) is 9.97 Å². The first-order valence-corrected chi connectivity index (χ1v) is 8.58. The maximum atomic E-state index is 12.5. The summed E-state index contributed by atoms with van der Waals surface area (Å²) in [6, 6.07) is 11.0. The van der Waals surface area contributed by atoms with Gasteiger partial charge in [0, 0.05) is 11.7 Å². The Balaban J connectivity index is 1.77. The lowest BCUT2D eigenvalue weighted by atomic mass is 9.96. The van der Waals surface area contributed by atoms with Gasteiger partial charge in [-0.25, -0.2) is 9.97 Å². The number of amides is 1. The molecule has 0 saturated heterocycles. The first-order valence-electron chi connectivity index (χ1n) is 8.58. The highest BCUT2D eigenvalue weighted by Crippen LogP contribution is 2.21. The number of aryl methyl sites for hydroxylation is 1. The summed E-state index contributed by atoms with van der Waals surface area (Å²) in [4.78, 5) is 21.3. The largest absolute Gasteiger partial charge is 0.351 e. The number of para-hydroxylation sites is 1. The lowest BCUT2D eigenvalue weighted by Gasteiger charge is -2.23. The van der Waals surface area contributed by atoms with Gasteiger partial charge in [0.15, 0.2) is 0 Å². The molecule has 0 bridgehead atoms. The van der Waals surface area contributed by atoms with E-state index in [0.717, 1.165) is 18.5 Å². The van der Waals surface area contributed by atoms with Gasteiger partial charge in [0.25, 0.3) is 5.91 Å². The van der Waals surface area contributed by atoms with Crippen LogP contribution in [0.15, 0.2) is 30.3 Å². The molecule has 25 heavy (non-hydrogen) atoms. The van der Waals surface area contributed by atoms with Crippen LogP contribution in [0.2, 0.25) is 0 Å². The van der Waals surface area contributed by atoms with E-state index in [1.54, 1.807) is 30.3 Å². The fourth-order valence-corrected chi connectivity index (χ4v) is 3.05. The Labute approximate surface area is 147 Å². The minimum absolute atomic E-state index is 0.290. The molecule has 3 rings (SSSR count). The van der Waals surface area contributed by atoms with Crippen LogP contribution in [0.5, 0.6) is 0 Å². The first-order chi connectivity index (χ1) is 12.2. The summed E-state index contributed by atoms with van der Waals surface area (Å²) in [6.45, 7) is 1.84. The van der Waals surface area contributed by atoms with E-state index in [0.29, 0.717) is 28.9 Å². The SMILES string of the molecule is Cc1cc(C(=O)Nc2ccccc2C#N)nc(NC2CCCCC2)n1. The highest BCUT2D eigenvalue weighted by molar-refractivity contribution is 6.03. The minimum atomic E-state index is -0.347. The van der Waals surface area contributed by atoms with Gasteiger partial charge >= 0.3 is 0 Å². The second-order valence-corrected chi connectivity index (χ2v) is 6.31. The van der Waals surface area contributed by atoms with Crippen LogP contribution in [-0.4, -0.2) is 21.9 Å². The maximum Gasteiger partial charge on any atom is 0.274 e. The summed E-state index contributed by atoms with van der Waals surface area (Å²) in [5, 5.41) is 15.2. The van der Waals surface area contributed by atoms with Crippen molar-refractivity contribution in [3.63, 3.8) is 0 Å². The summed E-state index contributed by atoms with van der Waals surface area (Å²) in [5.41, 5.74) is 1.92. The topological polar surface area (TPSA) is 90.7 Å². The van der Waals surface area contributed by atoms with Gasteiger partial charge in [0.05, 0.1) is 11.3 Å². The van der Waals surface area contributed by atoms with Crippen molar-refractivity contribution >= 4 is 17.5 Å². The van der Waals surface area contributed by atoms with Crippen LogP contribution in [0.4, 0.5) is 11.6 Å². The van der Waals surface area contributed by atoms with Gasteiger partial charge in [-0.15, -0.1) is 0 Å². The van der Waals surface area contributed by atoms with Crippen LogP contribution >= 0.6 is 0 Å². The standard InChI is InChI=1S/C19H21N5O/c1-13-11-17(18(25)23-16-10-6-5-7-14(16)12-20)24-19(21-13)22-15-8-3-2-4-9-15/h5-7,10-11,15H,2-4,8-9H2,1H3,(H,23,25)(H,21,22,24). The van der Waals surface area contributed by atoms with E-state index in [4.69, 9.17) is 5.26 Å². The number of nitrogens with zero attached hydrogens (tertiary/aromatic N) is 3. The van der Waals surface area contributed by atoms with Crippen molar-refractivity contribution in [2.24, 2.45) is 0 Å². The van der Waals surface area contributed by atoms with Gasteiger partial charge in [-0.1, -0.05) is 31.4 Å². The Morgan fingerprint density at radius 2 is 1.96 bits per heavy atom. The van der Waals surface area contributed by atoms with Gasteiger partial charge < -0.3 is 10.6 Å². The quantitative estimate of drug-likeness (QED) is 0.890.